The predicted octanol–water partition coefficient (Wildman–Crippen LogP) is 3.43. The Labute approximate surface area is 152 Å². The second-order valence-electron chi connectivity index (χ2n) is 8.35. The lowest BCUT2D eigenvalue weighted by atomic mass is 9.46. The van der Waals surface area contributed by atoms with Gasteiger partial charge in [0.05, 0.1) is 5.41 Å². The lowest BCUT2D eigenvalue weighted by Crippen LogP contribution is -2.53. The molecule has 6 rings (SSSR count). The first-order chi connectivity index (χ1) is 12.5. The minimum atomic E-state index is -0.994. The van der Waals surface area contributed by atoms with E-state index in [2.05, 4.69) is 12.1 Å². The highest BCUT2D eigenvalue weighted by Gasteiger charge is 2.69. The zero-order valence-corrected chi connectivity index (χ0v) is 14.9. The first-order valence-corrected chi connectivity index (χ1v) is 9.17. The summed E-state index contributed by atoms with van der Waals surface area (Å²) in [6.07, 6.45) is 1.14. The van der Waals surface area contributed by atoms with Crippen molar-refractivity contribution in [3.05, 3.63) is 70.8 Å². The Balaban J connectivity index is 1.94. The minimum absolute atomic E-state index is 0.0108. The molecule has 4 aliphatic rings. The van der Waals surface area contributed by atoms with Crippen LogP contribution in [0.2, 0.25) is 0 Å². The van der Waals surface area contributed by atoms with E-state index >= 15 is 0 Å². The Morgan fingerprint density at radius 1 is 0.885 bits per heavy atom. The molecule has 2 unspecified atom stereocenters. The molecule has 0 radical (unpaired) electrons. The van der Waals surface area contributed by atoms with Crippen LogP contribution in [0.5, 0.6) is 0 Å². The third kappa shape index (κ3) is 1.50. The Kier molecular flexibility index (Phi) is 2.89. The number of ketones is 2. The van der Waals surface area contributed by atoms with Crippen LogP contribution < -0.4 is 0 Å². The first kappa shape index (κ1) is 15.7. The molecule has 0 saturated heterocycles. The molecule has 0 aromatic heterocycles. The molecule has 0 heterocycles. The van der Waals surface area contributed by atoms with Gasteiger partial charge in [0.1, 0.15) is 6.29 Å². The normalized spacial score (nSPS) is 32.8. The van der Waals surface area contributed by atoms with Crippen LogP contribution in [-0.4, -0.2) is 17.9 Å². The van der Waals surface area contributed by atoms with Gasteiger partial charge in [-0.15, -0.1) is 0 Å². The average molecular weight is 344 g/mol. The summed E-state index contributed by atoms with van der Waals surface area (Å²) < 4.78 is 0. The monoisotopic (exact) mass is 344 g/mol. The zero-order valence-electron chi connectivity index (χ0n) is 14.9. The minimum Gasteiger partial charge on any atom is -0.303 e. The van der Waals surface area contributed by atoms with E-state index in [0.29, 0.717) is 0 Å². The molecule has 0 amide bonds. The molecule has 0 N–H and O–H groups in total. The Morgan fingerprint density at radius 2 is 1.42 bits per heavy atom. The van der Waals surface area contributed by atoms with Crippen LogP contribution in [-0.2, 0) is 19.8 Å². The van der Waals surface area contributed by atoms with Crippen molar-refractivity contribution < 1.29 is 14.4 Å². The molecule has 1 saturated carbocycles. The fourth-order valence-corrected chi connectivity index (χ4v) is 5.98. The number of Topliss-reactive ketones (excluding diaryl/α,β-unsaturated/α-hetero) is 2. The fraction of sp³-hybridized carbons (Fsp3) is 0.348. The van der Waals surface area contributed by atoms with Gasteiger partial charge in [-0.1, -0.05) is 48.5 Å². The summed E-state index contributed by atoms with van der Waals surface area (Å²) in [5.41, 5.74) is 2.59. The van der Waals surface area contributed by atoms with Crippen LogP contribution >= 0.6 is 0 Å². The summed E-state index contributed by atoms with van der Waals surface area (Å²) in [6, 6.07) is 16.1. The number of hydrogen-bond acceptors (Lipinski definition) is 3. The van der Waals surface area contributed by atoms with Crippen LogP contribution in [0.1, 0.15) is 48.4 Å². The smallest absolute Gasteiger partial charge is 0.150 e. The van der Waals surface area contributed by atoms with Gasteiger partial charge in [0.25, 0.3) is 0 Å². The molecular formula is C23H20O3. The summed E-state index contributed by atoms with van der Waals surface area (Å²) in [5, 5.41) is 0. The highest BCUT2D eigenvalue weighted by Crippen LogP contribution is 2.67. The standard InChI is InChI=1S/C23H20O3/c1-22(2)20(25)18-17-13-7-3-5-9-15(13)23(11-12-24,19(18)21(22)26)16-10-6-4-8-14(16)17/h3-10,12,17-19H,11H2,1-2H3. The molecule has 3 heteroatoms. The second-order valence-corrected chi connectivity index (χ2v) is 8.35. The number of carbonyl (C=O) groups is 3. The van der Waals surface area contributed by atoms with Crippen molar-refractivity contribution in [2.45, 2.75) is 31.6 Å². The van der Waals surface area contributed by atoms with Crippen molar-refractivity contribution in [1.82, 2.24) is 0 Å². The lowest BCUT2D eigenvalue weighted by Gasteiger charge is -2.54. The molecule has 130 valence electrons. The molecular weight excluding hydrogens is 324 g/mol. The predicted molar refractivity (Wildman–Crippen MR) is 97.0 cm³/mol. The van der Waals surface area contributed by atoms with E-state index < -0.39 is 16.7 Å². The quantitative estimate of drug-likeness (QED) is 0.619. The fourth-order valence-electron chi connectivity index (χ4n) is 5.98. The van der Waals surface area contributed by atoms with Gasteiger partial charge >= 0.3 is 0 Å². The van der Waals surface area contributed by atoms with Crippen LogP contribution in [0.3, 0.4) is 0 Å². The number of aldehydes is 1. The Bertz CT molecular complexity index is 937. The maximum absolute atomic E-state index is 13.4. The van der Waals surface area contributed by atoms with Crippen molar-refractivity contribution in [1.29, 1.82) is 0 Å². The van der Waals surface area contributed by atoms with E-state index in [9.17, 15) is 14.4 Å². The van der Waals surface area contributed by atoms with E-state index in [4.69, 9.17) is 0 Å². The third-order valence-corrected chi connectivity index (χ3v) is 7.02. The number of rotatable bonds is 2. The third-order valence-electron chi connectivity index (χ3n) is 7.02. The summed E-state index contributed by atoms with van der Waals surface area (Å²) in [5.74, 6) is -0.911. The van der Waals surface area contributed by atoms with Gasteiger partial charge in [0, 0.05) is 29.6 Å². The molecule has 2 bridgehead atoms. The van der Waals surface area contributed by atoms with Gasteiger partial charge in [-0.3, -0.25) is 9.59 Å². The topological polar surface area (TPSA) is 51.2 Å². The highest BCUT2D eigenvalue weighted by atomic mass is 16.2. The molecule has 0 aliphatic heterocycles. The first-order valence-electron chi connectivity index (χ1n) is 9.17. The van der Waals surface area contributed by atoms with Gasteiger partial charge in [-0.2, -0.15) is 0 Å². The molecule has 2 atom stereocenters. The van der Waals surface area contributed by atoms with E-state index in [1.165, 1.54) is 0 Å². The van der Waals surface area contributed by atoms with Crippen LogP contribution in [0.15, 0.2) is 48.5 Å². The Hall–Kier alpha value is -2.55. The summed E-state index contributed by atoms with van der Waals surface area (Å²) in [6.45, 7) is 3.50. The second kappa shape index (κ2) is 4.79. The van der Waals surface area contributed by atoms with Gasteiger partial charge in [0.2, 0.25) is 0 Å². The van der Waals surface area contributed by atoms with Crippen molar-refractivity contribution in [3.63, 3.8) is 0 Å². The van der Waals surface area contributed by atoms with Crippen LogP contribution in [0, 0.1) is 17.3 Å². The molecule has 3 nitrogen and oxygen atoms in total. The van der Waals surface area contributed by atoms with Crippen molar-refractivity contribution in [2.75, 3.05) is 0 Å². The molecule has 26 heavy (non-hydrogen) atoms. The number of benzene rings is 2. The summed E-state index contributed by atoms with van der Waals surface area (Å²) in [4.78, 5) is 38.6. The van der Waals surface area contributed by atoms with Gasteiger partial charge in [-0.25, -0.2) is 0 Å². The zero-order chi connectivity index (χ0) is 18.3. The van der Waals surface area contributed by atoms with Gasteiger partial charge in [-0.05, 0) is 36.1 Å². The van der Waals surface area contributed by atoms with E-state index in [1.54, 1.807) is 13.8 Å². The van der Waals surface area contributed by atoms with Crippen molar-refractivity contribution in [3.8, 4) is 0 Å². The van der Waals surface area contributed by atoms with Crippen molar-refractivity contribution >= 4 is 17.9 Å². The van der Waals surface area contributed by atoms with E-state index in [1.807, 2.05) is 36.4 Å². The molecule has 1 fully saturated rings. The van der Waals surface area contributed by atoms with Crippen molar-refractivity contribution in [2.24, 2.45) is 17.3 Å². The number of carbonyl (C=O) groups excluding carboxylic acids is 3. The van der Waals surface area contributed by atoms with Gasteiger partial charge < -0.3 is 4.79 Å². The average Bonchev–Trinajstić information content (AvgIpc) is 2.84. The molecule has 2 aromatic carbocycles. The highest BCUT2D eigenvalue weighted by molar-refractivity contribution is 6.17. The summed E-state index contributed by atoms with van der Waals surface area (Å²) in [7, 11) is 0. The van der Waals surface area contributed by atoms with E-state index in [-0.39, 0.29) is 29.8 Å². The molecule has 0 spiro atoms. The Morgan fingerprint density at radius 3 is 1.96 bits per heavy atom. The van der Waals surface area contributed by atoms with Gasteiger partial charge in [0.15, 0.2) is 11.6 Å². The largest absolute Gasteiger partial charge is 0.303 e. The van der Waals surface area contributed by atoms with Crippen LogP contribution in [0.25, 0.3) is 0 Å². The number of hydrogen-bond donors (Lipinski definition) is 0. The maximum atomic E-state index is 13.4. The lowest BCUT2D eigenvalue weighted by molar-refractivity contribution is -0.134. The summed E-state index contributed by atoms with van der Waals surface area (Å²) >= 11 is 0. The maximum Gasteiger partial charge on any atom is 0.150 e. The SMILES string of the molecule is CC1(C)C(=O)C2C3c4ccccc4C(CC=O)(c4ccccc43)C2C1=O. The molecule has 4 aliphatic carbocycles. The van der Waals surface area contributed by atoms with E-state index in [0.717, 1.165) is 28.5 Å². The molecule has 2 aromatic rings. The van der Waals surface area contributed by atoms with Crippen LogP contribution in [0.4, 0.5) is 0 Å².